The number of fused-ring (bicyclic) bond motifs is 1. The van der Waals surface area contributed by atoms with Crippen molar-refractivity contribution >= 4 is 29.3 Å². The second kappa shape index (κ2) is 5.42. The molecule has 0 bridgehead atoms. The van der Waals surface area contributed by atoms with Crippen molar-refractivity contribution in [1.82, 2.24) is 4.90 Å². The summed E-state index contributed by atoms with van der Waals surface area (Å²) in [6.45, 7) is 9.54. The second-order valence-corrected chi connectivity index (χ2v) is 7.99. The quantitative estimate of drug-likeness (QED) is 0.767. The highest BCUT2D eigenvalue weighted by atomic mass is 35.5. The molecule has 0 aromatic heterocycles. The molecule has 5 heteroatoms. The maximum Gasteiger partial charge on any atom is 0.407 e. The molecule has 1 saturated carbocycles. The first-order chi connectivity index (χ1) is 10.8. The van der Waals surface area contributed by atoms with Gasteiger partial charge in [0.2, 0.25) is 0 Å². The number of hydrogen-bond acceptors (Lipinski definition) is 1. The van der Waals surface area contributed by atoms with E-state index in [4.69, 9.17) is 23.2 Å². The van der Waals surface area contributed by atoms with Crippen LogP contribution in [0, 0.1) is 17.3 Å². The molecule has 0 spiro atoms. The molecule has 2 aliphatic rings. The highest BCUT2D eigenvalue weighted by Gasteiger charge is 2.78. The van der Waals surface area contributed by atoms with Gasteiger partial charge < -0.3 is 10.0 Å². The highest BCUT2D eigenvalue weighted by molar-refractivity contribution is 6.42. The Kier molecular flexibility index (Phi) is 3.93. The summed E-state index contributed by atoms with van der Waals surface area (Å²) in [5, 5.41) is 10.4. The molecule has 124 valence electrons. The van der Waals surface area contributed by atoms with Crippen molar-refractivity contribution in [2.24, 2.45) is 17.3 Å². The summed E-state index contributed by atoms with van der Waals surface area (Å²) < 4.78 is 0. The van der Waals surface area contributed by atoms with Crippen LogP contribution in [0.2, 0.25) is 10.0 Å². The summed E-state index contributed by atoms with van der Waals surface area (Å²) in [4.78, 5) is 12.9. The molecule has 0 radical (unpaired) electrons. The van der Waals surface area contributed by atoms with Crippen LogP contribution in [-0.2, 0) is 5.41 Å². The smallest absolute Gasteiger partial charge is 0.407 e. The third kappa shape index (κ3) is 2.20. The van der Waals surface area contributed by atoms with Crippen LogP contribution >= 0.6 is 23.2 Å². The van der Waals surface area contributed by atoms with Crippen molar-refractivity contribution in [3.63, 3.8) is 0 Å². The predicted molar refractivity (Wildman–Crippen MR) is 93.3 cm³/mol. The van der Waals surface area contributed by atoms with Crippen LogP contribution in [0.25, 0.3) is 0 Å². The zero-order valence-corrected chi connectivity index (χ0v) is 14.9. The summed E-state index contributed by atoms with van der Waals surface area (Å²) in [6, 6.07) is 5.73. The van der Waals surface area contributed by atoms with Gasteiger partial charge in [0.25, 0.3) is 0 Å². The first kappa shape index (κ1) is 16.7. The van der Waals surface area contributed by atoms with Gasteiger partial charge in [-0.15, -0.1) is 6.58 Å². The fourth-order valence-electron chi connectivity index (χ4n) is 4.85. The Bertz CT molecular complexity index is 675. The van der Waals surface area contributed by atoms with Crippen molar-refractivity contribution < 1.29 is 9.90 Å². The maximum atomic E-state index is 11.4. The lowest BCUT2D eigenvalue weighted by molar-refractivity contribution is 0.141. The van der Waals surface area contributed by atoms with Gasteiger partial charge in [0.05, 0.1) is 10.0 Å². The van der Waals surface area contributed by atoms with E-state index >= 15 is 0 Å². The lowest BCUT2D eigenvalue weighted by atomic mass is 9.80. The number of likely N-dealkylation sites (tertiary alicyclic amines) is 1. The molecular weight excluding hydrogens is 333 g/mol. The molecule has 1 N–H and O–H groups in total. The summed E-state index contributed by atoms with van der Waals surface area (Å²) in [5.41, 5.74) is 0.799. The zero-order chi connectivity index (χ0) is 17.0. The van der Waals surface area contributed by atoms with Gasteiger partial charge in [-0.25, -0.2) is 4.79 Å². The summed E-state index contributed by atoms with van der Waals surface area (Å²) >= 11 is 12.3. The average molecular weight is 354 g/mol. The lowest BCUT2D eigenvalue weighted by Gasteiger charge is -2.29. The summed E-state index contributed by atoms with van der Waals surface area (Å²) in [6.07, 6.45) is 2.12. The van der Waals surface area contributed by atoms with Gasteiger partial charge in [-0.05, 0) is 36.0 Å². The molecule has 1 aliphatic carbocycles. The Morgan fingerprint density at radius 2 is 2.17 bits per heavy atom. The van der Waals surface area contributed by atoms with E-state index in [1.807, 2.05) is 24.3 Å². The van der Waals surface area contributed by atoms with Gasteiger partial charge >= 0.3 is 6.09 Å². The van der Waals surface area contributed by atoms with E-state index in [-0.39, 0.29) is 16.7 Å². The molecule has 3 rings (SSSR count). The monoisotopic (exact) mass is 353 g/mol. The number of carboxylic acid groups (broad SMARTS) is 1. The first-order valence-corrected chi connectivity index (χ1v) is 8.61. The van der Waals surface area contributed by atoms with Crippen molar-refractivity contribution in [3.05, 3.63) is 46.5 Å². The van der Waals surface area contributed by atoms with Gasteiger partial charge in [0, 0.05) is 23.9 Å². The minimum Gasteiger partial charge on any atom is -0.465 e. The fraction of sp³-hybridized carbons (Fsp3) is 0.500. The van der Waals surface area contributed by atoms with E-state index in [1.54, 1.807) is 0 Å². The Morgan fingerprint density at radius 1 is 1.48 bits per heavy atom. The molecule has 3 atom stereocenters. The topological polar surface area (TPSA) is 40.5 Å². The molecule has 1 saturated heterocycles. The molecule has 23 heavy (non-hydrogen) atoms. The van der Waals surface area contributed by atoms with Crippen molar-refractivity contribution in [2.45, 2.75) is 25.7 Å². The Hall–Kier alpha value is -1.19. The van der Waals surface area contributed by atoms with Crippen LogP contribution in [-0.4, -0.2) is 29.2 Å². The SMILES string of the molecule is C=CC1(c2ccc(Cl)c(Cl)c2)C2CN(C(=O)O)CC21CC(C)C. The molecule has 3 nitrogen and oxygen atoms in total. The Morgan fingerprint density at radius 3 is 2.70 bits per heavy atom. The van der Waals surface area contributed by atoms with Crippen LogP contribution in [0.1, 0.15) is 25.8 Å². The van der Waals surface area contributed by atoms with E-state index in [0.29, 0.717) is 29.1 Å². The van der Waals surface area contributed by atoms with Crippen molar-refractivity contribution in [2.75, 3.05) is 13.1 Å². The van der Waals surface area contributed by atoms with Crippen molar-refractivity contribution in [3.8, 4) is 0 Å². The lowest BCUT2D eigenvalue weighted by Crippen LogP contribution is -2.37. The molecule has 2 fully saturated rings. The minimum atomic E-state index is -0.840. The Labute approximate surface area is 146 Å². The number of benzene rings is 1. The Balaban J connectivity index is 2.04. The van der Waals surface area contributed by atoms with Gasteiger partial charge in [-0.3, -0.25) is 0 Å². The highest BCUT2D eigenvalue weighted by Crippen LogP contribution is 2.76. The van der Waals surface area contributed by atoms with E-state index in [2.05, 4.69) is 20.4 Å². The largest absolute Gasteiger partial charge is 0.465 e. The number of allylic oxidation sites excluding steroid dienone is 1. The number of amides is 1. The maximum absolute atomic E-state index is 11.4. The number of piperidine rings is 1. The molecule has 3 unspecified atom stereocenters. The molecule has 1 heterocycles. The van der Waals surface area contributed by atoms with Crippen LogP contribution in [0.15, 0.2) is 30.9 Å². The molecule has 1 aromatic rings. The minimum absolute atomic E-state index is 0.0849. The van der Waals surface area contributed by atoms with Crippen molar-refractivity contribution in [1.29, 1.82) is 0 Å². The number of halogens is 2. The van der Waals surface area contributed by atoms with Crippen LogP contribution in [0.5, 0.6) is 0 Å². The predicted octanol–water partition coefficient (Wildman–Crippen LogP) is 5.07. The van der Waals surface area contributed by atoms with E-state index < -0.39 is 6.09 Å². The van der Waals surface area contributed by atoms with Gasteiger partial charge in [-0.2, -0.15) is 0 Å². The summed E-state index contributed by atoms with van der Waals surface area (Å²) in [7, 11) is 0. The standard InChI is InChI=1S/C18H21Cl2NO2/c1-4-18(12-5-6-13(19)14(20)7-12)15-9-21(16(22)23)10-17(15,18)8-11(2)3/h4-7,11,15H,1,8-10H2,2-3H3,(H,22,23). The zero-order valence-electron chi connectivity index (χ0n) is 13.4. The third-order valence-corrected chi connectivity index (χ3v) is 6.33. The van der Waals surface area contributed by atoms with Crippen LogP contribution in [0.4, 0.5) is 4.79 Å². The average Bonchev–Trinajstić information content (AvgIpc) is 2.79. The molecule has 1 aliphatic heterocycles. The summed E-state index contributed by atoms with van der Waals surface area (Å²) in [5.74, 6) is 0.735. The fourth-order valence-corrected chi connectivity index (χ4v) is 5.15. The van der Waals surface area contributed by atoms with Gasteiger partial charge in [-0.1, -0.05) is 49.2 Å². The molecule has 1 aromatic carbocycles. The first-order valence-electron chi connectivity index (χ1n) is 7.85. The molecular formula is C18H21Cl2NO2. The van der Waals surface area contributed by atoms with E-state index in [1.165, 1.54) is 4.90 Å². The number of rotatable bonds is 4. The number of nitrogens with zero attached hydrogens (tertiary/aromatic N) is 1. The third-order valence-electron chi connectivity index (χ3n) is 5.60. The van der Waals surface area contributed by atoms with Crippen LogP contribution < -0.4 is 0 Å². The number of hydrogen-bond donors (Lipinski definition) is 1. The van der Waals surface area contributed by atoms with E-state index in [9.17, 15) is 9.90 Å². The van der Waals surface area contributed by atoms with E-state index in [0.717, 1.165) is 12.0 Å². The van der Waals surface area contributed by atoms with Crippen LogP contribution in [0.3, 0.4) is 0 Å². The second-order valence-electron chi connectivity index (χ2n) is 7.17. The number of carbonyl (C=O) groups is 1. The normalized spacial score (nSPS) is 32.0. The van der Waals surface area contributed by atoms with Gasteiger partial charge in [0.1, 0.15) is 0 Å². The van der Waals surface area contributed by atoms with Gasteiger partial charge in [0.15, 0.2) is 0 Å². The molecule has 1 amide bonds.